The molecule has 0 radical (unpaired) electrons. The monoisotopic (exact) mass is 398 g/mol. The van der Waals surface area contributed by atoms with Gasteiger partial charge in [0.05, 0.1) is 5.56 Å². The molecule has 0 fully saturated rings. The van der Waals surface area contributed by atoms with Crippen LogP contribution in [-0.2, 0) is 13.0 Å². The Labute approximate surface area is 167 Å². The minimum absolute atomic E-state index is 0.120. The Balaban J connectivity index is 1.54. The predicted octanol–water partition coefficient (Wildman–Crippen LogP) is 5.01. The fraction of sp³-hybridized carbons (Fsp3) is 0.182. The number of benzene rings is 2. The lowest BCUT2D eigenvalue weighted by Gasteiger charge is -2.10. The molecule has 3 aromatic rings. The highest BCUT2D eigenvalue weighted by Crippen LogP contribution is 2.22. The van der Waals surface area contributed by atoms with Gasteiger partial charge >= 0.3 is 0 Å². The molecule has 3 rings (SSSR count). The molecule has 1 heterocycles. The first-order chi connectivity index (χ1) is 13.6. The molecule has 1 amide bonds. The molecular weight excluding hydrogens is 378 g/mol. The van der Waals surface area contributed by atoms with Gasteiger partial charge in [-0.15, -0.1) is 11.8 Å². The van der Waals surface area contributed by atoms with Crippen LogP contribution < -0.4 is 5.32 Å². The first-order valence-electron chi connectivity index (χ1n) is 8.97. The van der Waals surface area contributed by atoms with Crippen LogP contribution in [-0.4, -0.2) is 16.6 Å². The van der Waals surface area contributed by atoms with E-state index >= 15 is 0 Å². The van der Waals surface area contributed by atoms with E-state index in [1.54, 1.807) is 48.7 Å². The SMILES string of the molecule is O=C(NCc1ccccc1F)c1cccnc1SCCCc1ccc(F)cc1. The van der Waals surface area contributed by atoms with Gasteiger partial charge < -0.3 is 5.32 Å². The minimum atomic E-state index is -0.343. The van der Waals surface area contributed by atoms with Gasteiger partial charge in [0.15, 0.2) is 0 Å². The van der Waals surface area contributed by atoms with Gasteiger partial charge in [0.25, 0.3) is 5.91 Å². The van der Waals surface area contributed by atoms with E-state index in [4.69, 9.17) is 0 Å². The number of hydrogen-bond donors (Lipinski definition) is 1. The van der Waals surface area contributed by atoms with Gasteiger partial charge in [0, 0.05) is 18.3 Å². The second kappa shape index (κ2) is 9.99. The van der Waals surface area contributed by atoms with E-state index in [2.05, 4.69) is 10.3 Å². The lowest BCUT2D eigenvalue weighted by molar-refractivity contribution is 0.0947. The number of nitrogens with zero attached hydrogens (tertiary/aromatic N) is 1. The zero-order valence-electron chi connectivity index (χ0n) is 15.2. The Bertz CT molecular complexity index is 932. The van der Waals surface area contributed by atoms with E-state index in [1.165, 1.54) is 30.0 Å². The van der Waals surface area contributed by atoms with Crippen LogP contribution in [0.25, 0.3) is 0 Å². The topological polar surface area (TPSA) is 42.0 Å². The lowest BCUT2D eigenvalue weighted by Crippen LogP contribution is -2.24. The number of aryl methyl sites for hydroxylation is 1. The largest absolute Gasteiger partial charge is 0.348 e. The number of halogens is 2. The zero-order chi connectivity index (χ0) is 19.8. The van der Waals surface area contributed by atoms with Crippen molar-refractivity contribution in [1.82, 2.24) is 10.3 Å². The van der Waals surface area contributed by atoms with E-state index in [0.717, 1.165) is 24.2 Å². The molecule has 0 atom stereocenters. The summed E-state index contributed by atoms with van der Waals surface area (Å²) in [6.45, 7) is 0.120. The van der Waals surface area contributed by atoms with Gasteiger partial charge in [-0.1, -0.05) is 30.3 Å². The van der Waals surface area contributed by atoms with Gasteiger partial charge in [-0.3, -0.25) is 4.79 Å². The van der Waals surface area contributed by atoms with Crippen LogP contribution in [0.15, 0.2) is 71.9 Å². The summed E-state index contributed by atoms with van der Waals surface area (Å²) < 4.78 is 26.6. The molecule has 0 bridgehead atoms. The van der Waals surface area contributed by atoms with Gasteiger partial charge in [-0.25, -0.2) is 13.8 Å². The minimum Gasteiger partial charge on any atom is -0.348 e. The number of amides is 1. The van der Waals surface area contributed by atoms with Gasteiger partial charge in [0.2, 0.25) is 0 Å². The van der Waals surface area contributed by atoms with Crippen molar-refractivity contribution >= 4 is 17.7 Å². The van der Waals surface area contributed by atoms with Crippen LogP contribution in [0.5, 0.6) is 0 Å². The van der Waals surface area contributed by atoms with Crippen molar-refractivity contribution in [2.45, 2.75) is 24.4 Å². The number of carbonyl (C=O) groups is 1. The average Bonchev–Trinajstić information content (AvgIpc) is 2.72. The molecule has 3 nitrogen and oxygen atoms in total. The highest BCUT2D eigenvalue weighted by molar-refractivity contribution is 7.99. The van der Waals surface area contributed by atoms with Crippen molar-refractivity contribution in [3.05, 3.63) is 95.2 Å². The molecule has 0 aliphatic heterocycles. The first kappa shape index (κ1) is 20.0. The Morgan fingerprint density at radius 1 is 1.00 bits per heavy atom. The molecule has 28 heavy (non-hydrogen) atoms. The molecule has 0 aliphatic carbocycles. The van der Waals surface area contributed by atoms with E-state index in [1.807, 2.05) is 0 Å². The fourth-order valence-corrected chi connectivity index (χ4v) is 3.62. The quantitative estimate of drug-likeness (QED) is 0.428. The van der Waals surface area contributed by atoms with E-state index in [-0.39, 0.29) is 24.1 Å². The maximum Gasteiger partial charge on any atom is 0.254 e. The fourth-order valence-electron chi connectivity index (χ4n) is 2.69. The van der Waals surface area contributed by atoms with Crippen molar-refractivity contribution in [3.63, 3.8) is 0 Å². The Hall–Kier alpha value is -2.73. The van der Waals surface area contributed by atoms with Crippen LogP contribution in [0.3, 0.4) is 0 Å². The second-order valence-electron chi connectivity index (χ2n) is 6.21. The van der Waals surface area contributed by atoms with Crippen LogP contribution in [0, 0.1) is 11.6 Å². The molecule has 144 valence electrons. The Morgan fingerprint density at radius 3 is 2.57 bits per heavy atom. The normalized spacial score (nSPS) is 10.6. The molecular formula is C22H20F2N2OS. The van der Waals surface area contributed by atoms with Crippen molar-refractivity contribution in [2.75, 3.05) is 5.75 Å². The average molecular weight is 398 g/mol. The number of nitrogens with one attached hydrogen (secondary N) is 1. The highest BCUT2D eigenvalue weighted by atomic mass is 32.2. The second-order valence-corrected chi connectivity index (χ2v) is 7.29. The summed E-state index contributed by atoms with van der Waals surface area (Å²) in [5.74, 6) is -0.0819. The molecule has 0 spiro atoms. The number of thioether (sulfide) groups is 1. The molecule has 1 aromatic heterocycles. The number of hydrogen-bond acceptors (Lipinski definition) is 3. The number of pyridine rings is 1. The van der Waals surface area contributed by atoms with Crippen LogP contribution in [0.1, 0.15) is 27.9 Å². The van der Waals surface area contributed by atoms with Crippen molar-refractivity contribution in [1.29, 1.82) is 0 Å². The molecule has 0 unspecified atom stereocenters. The highest BCUT2D eigenvalue weighted by Gasteiger charge is 2.13. The van der Waals surface area contributed by atoms with Crippen molar-refractivity contribution < 1.29 is 13.6 Å². The summed E-state index contributed by atoms with van der Waals surface area (Å²) in [5.41, 5.74) is 1.99. The van der Waals surface area contributed by atoms with Crippen molar-refractivity contribution in [2.24, 2.45) is 0 Å². The number of rotatable bonds is 8. The molecule has 1 N–H and O–H groups in total. The number of aromatic nitrogens is 1. The van der Waals surface area contributed by atoms with E-state index in [9.17, 15) is 13.6 Å². The smallest absolute Gasteiger partial charge is 0.254 e. The van der Waals surface area contributed by atoms with E-state index in [0.29, 0.717) is 16.2 Å². The molecule has 0 aliphatic rings. The maximum atomic E-state index is 13.7. The van der Waals surface area contributed by atoms with Crippen LogP contribution in [0.4, 0.5) is 8.78 Å². The Kier molecular flexibility index (Phi) is 7.14. The predicted molar refractivity (Wildman–Crippen MR) is 107 cm³/mol. The summed E-state index contributed by atoms with van der Waals surface area (Å²) in [6.07, 6.45) is 3.36. The molecule has 2 aromatic carbocycles. The van der Waals surface area contributed by atoms with Crippen LogP contribution >= 0.6 is 11.8 Å². The summed E-state index contributed by atoms with van der Waals surface area (Å²) in [7, 11) is 0. The maximum absolute atomic E-state index is 13.7. The standard InChI is InChI=1S/C22H20F2N2OS/c23-18-11-9-16(10-12-18)5-4-14-28-22-19(7-3-13-25-22)21(27)26-15-17-6-1-2-8-20(17)24/h1-3,6-13H,4-5,14-15H2,(H,26,27). The molecule has 6 heteroatoms. The van der Waals surface area contributed by atoms with Crippen LogP contribution in [0.2, 0.25) is 0 Å². The van der Waals surface area contributed by atoms with E-state index < -0.39 is 0 Å². The third-order valence-corrected chi connectivity index (χ3v) is 5.27. The summed E-state index contributed by atoms with van der Waals surface area (Å²) >= 11 is 1.50. The third kappa shape index (κ3) is 5.63. The van der Waals surface area contributed by atoms with Gasteiger partial charge in [-0.05, 0) is 54.5 Å². The third-order valence-electron chi connectivity index (χ3n) is 4.17. The van der Waals surface area contributed by atoms with Gasteiger partial charge in [0.1, 0.15) is 16.7 Å². The summed E-state index contributed by atoms with van der Waals surface area (Å²) in [4.78, 5) is 16.8. The lowest BCUT2D eigenvalue weighted by atomic mass is 10.1. The molecule has 0 saturated carbocycles. The van der Waals surface area contributed by atoms with Gasteiger partial charge in [-0.2, -0.15) is 0 Å². The Morgan fingerprint density at radius 2 is 1.79 bits per heavy atom. The summed E-state index contributed by atoms with van der Waals surface area (Å²) in [6, 6.07) is 16.3. The molecule has 0 saturated heterocycles. The first-order valence-corrected chi connectivity index (χ1v) is 9.96. The zero-order valence-corrected chi connectivity index (χ0v) is 16.0. The number of carbonyl (C=O) groups excluding carboxylic acids is 1. The van der Waals surface area contributed by atoms with Crippen molar-refractivity contribution in [3.8, 4) is 0 Å². The summed E-state index contributed by atoms with van der Waals surface area (Å²) in [5, 5.41) is 3.40.